The van der Waals surface area contributed by atoms with Gasteiger partial charge in [-0.2, -0.15) is 0 Å². The quantitative estimate of drug-likeness (QED) is 0.321. The van der Waals surface area contributed by atoms with Crippen molar-refractivity contribution >= 4 is 16.9 Å². The first-order valence-electron chi connectivity index (χ1n) is 14.6. The van der Waals surface area contributed by atoms with E-state index in [0.717, 1.165) is 50.2 Å². The average Bonchev–Trinajstić information content (AvgIpc) is 3.68. The van der Waals surface area contributed by atoms with Crippen LogP contribution in [0.15, 0.2) is 71.4 Å². The topological polar surface area (TPSA) is 67.4 Å². The van der Waals surface area contributed by atoms with Crippen molar-refractivity contribution in [2.45, 2.75) is 75.4 Å². The SMILES string of the molecule is Cc1nc2ccccc2n1C1C[C@H]2CC[C@@H](C1)N2CCC1(c2ccccc2)CCN(C(=O)c2ccno2)CC1. The highest BCUT2D eigenvalue weighted by molar-refractivity contribution is 5.91. The Hall–Kier alpha value is -3.45. The number of aryl methyl sites for hydroxylation is 1. The van der Waals surface area contributed by atoms with Gasteiger partial charge in [0.1, 0.15) is 5.82 Å². The van der Waals surface area contributed by atoms with Crippen LogP contribution in [-0.2, 0) is 5.41 Å². The van der Waals surface area contributed by atoms with Crippen LogP contribution >= 0.6 is 0 Å². The summed E-state index contributed by atoms with van der Waals surface area (Å²) in [6, 6.07) is 23.1. The van der Waals surface area contributed by atoms with Crippen LogP contribution in [0.25, 0.3) is 11.0 Å². The van der Waals surface area contributed by atoms with E-state index < -0.39 is 0 Å². The fourth-order valence-corrected chi connectivity index (χ4v) is 7.88. The monoisotopic (exact) mass is 523 g/mol. The van der Waals surface area contributed by atoms with E-state index in [0.29, 0.717) is 23.9 Å². The molecule has 39 heavy (non-hydrogen) atoms. The van der Waals surface area contributed by atoms with Crippen molar-refractivity contribution < 1.29 is 9.32 Å². The molecule has 202 valence electrons. The molecule has 7 nitrogen and oxygen atoms in total. The Balaban J connectivity index is 1.07. The van der Waals surface area contributed by atoms with E-state index in [-0.39, 0.29) is 11.3 Å². The molecule has 3 fully saturated rings. The predicted octanol–water partition coefficient (Wildman–Crippen LogP) is 5.76. The Kier molecular flexibility index (Phi) is 6.26. The fourth-order valence-electron chi connectivity index (χ4n) is 7.88. The van der Waals surface area contributed by atoms with E-state index >= 15 is 0 Å². The summed E-state index contributed by atoms with van der Waals surface area (Å²) < 4.78 is 7.67. The molecule has 3 aliphatic rings. The van der Waals surface area contributed by atoms with Gasteiger partial charge in [0.2, 0.25) is 5.76 Å². The Morgan fingerprint density at radius 1 is 0.949 bits per heavy atom. The molecule has 7 rings (SSSR count). The molecule has 1 unspecified atom stereocenters. The number of amides is 1. The largest absolute Gasteiger partial charge is 0.351 e. The molecular formula is C32H37N5O2. The summed E-state index contributed by atoms with van der Waals surface area (Å²) in [5.41, 5.74) is 3.90. The molecule has 2 aromatic heterocycles. The van der Waals surface area contributed by atoms with Crippen LogP contribution in [0.3, 0.4) is 0 Å². The van der Waals surface area contributed by atoms with Gasteiger partial charge in [-0.1, -0.05) is 47.6 Å². The number of hydrogen-bond acceptors (Lipinski definition) is 5. The molecule has 3 aliphatic heterocycles. The molecule has 0 N–H and O–H groups in total. The molecule has 2 bridgehead atoms. The highest BCUT2D eigenvalue weighted by Crippen LogP contribution is 2.45. The number of likely N-dealkylation sites (tertiary alicyclic amines) is 1. The number of benzene rings is 2. The van der Waals surface area contributed by atoms with Crippen molar-refractivity contribution in [2.24, 2.45) is 0 Å². The Morgan fingerprint density at radius 2 is 1.67 bits per heavy atom. The summed E-state index contributed by atoms with van der Waals surface area (Å²) in [7, 11) is 0. The number of piperidine rings is 2. The van der Waals surface area contributed by atoms with E-state index in [1.54, 1.807) is 12.3 Å². The Bertz CT molecular complexity index is 1420. The zero-order valence-electron chi connectivity index (χ0n) is 22.7. The van der Waals surface area contributed by atoms with Crippen LogP contribution in [0.2, 0.25) is 0 Å². The van der Waals surface area contributed by atoms with Gasteiger partial charge in [-0.05, 0) is 81.5 Å². The highest BCUT2D eigenvalue weighted by atomic mass is 16.5. The minimum atomic E-state index is -0.0448. The average molecular weight is 524 g/mol. The van der Waals surface area contributed by atoms with Crippen LogP contribution < -0.4 is 0 Å². The summed E-state index contributed by atoms with van der Waals surface area (Å²) in [6.07, 6.45) is 9.62. The van der Waals surface area contributed by atoms with Gasteiger partial charge < -0.3 is 14.0 Å². The summed E-state index contributed by atoms with van der Waals surface area (Å²) in [4.78, 5) is 22.6. The van der Waals surface area contributed by atoms with Crippen molar-refractivity contribution in [3.63, 3.8) is 0 Å². The summed E-state index contributed by atoms with van der Waals surface area (Å²) >= 11 is 0. The fraction of sp³-hybridized carbons (Fsp3) is 0.469. The molecule has 0 spiro atoms. The van der Waals surface area contributed by atoms with Gasteiger partial charge in [-0.25, -0.2) is 4.98 Å². The van der Waals surface area contributed by atoms with Gasteiger partial charge in [-0.15, -0.1) is 0 Å². The molecule has 0 radical (unpaired) electrons. The van der Waals surface area contributed by atoms with Crippen LogP contribution in [-0.4, -0.2) is 62.1 Å². The molecule has 3 saturated heterocycles. The standard InChI is InChI=1S/C32H37N5O2/c1-23-34-28-9-5-6-10-29(28)37(23)27-21-25-11-12-26(22-27)36(25)20-16-32(24-7-3-2-4-8-24)14-18-35(19-15-32)31(38)30-13-17-33-39-30/h2-10,13,17,25-27H,11-12,14-16,18-22H2,1H3/t25-,26+,27?. The number of imidazole rings is 1. The van der Waals surface area contributed by atoms with Crippen LogP contribution in [0.5, 0.6) is 0 Å². The zero-order valence-corrected chi connectivity index (χ0v) is 22.7. The summed E-state index contributed by atoms with van der Waals surface area (Å²) in [5, 5.41) is 3.72. The van der Waals surface area contributed by atoms with Gasteiger partial charge >= 0.3 is 0 Å². The molecule has 3 atom stereocenters. The molecule has 7 heteroatoms. The van der Waals surface area contributed by atoms with E-state index in [1.165, 1.54) is 36.8 Å². The first kappa shape index (κ1) is 24.6. The molecule has 5 heterocycles. The van der Waals surface area contributed by atoms with E-state index in [1.807, 2.05) is 4.90 Å². The maximum Gasteiger partial charge on any atom is 0.292 e. The number of aromatic nitrogens is 3. The van der Waals surface area contributed by atoms with Crippen molar-refractivity contribution in [3.05, 3.63) is 84.0 Å². The molecule has 4 aromatic rings. The van der Waals surface area contributed by atoms with Gasteiger partial charge in [0, 0.05) is 37.3 Å². The Morgan fingerprint density at radius 3 is 2.38 bits per heavy atom. The van der Waals surface area contributed by atoms with E-state index in [2.05, 4.69) is 76.1 Å². The number of fused-ring (bicyclic) bond motifs is 3. The lowest BCUT2D eigenvalue weighted by Gasteiger charge is -2.45. The van der Waals surface area contributed by atoms with Crippen LogP contribution in [0, 0.1) is 6.92 Å². The summed E-state index contributed by atoms with van der Waals surface area (Å²) in [6.45, 7) is 4.78. The molecule has 2 aromatic carbocycles. The third-order valence-corrected chi connectivity index (χ3v) is 9.89. The normalized spacial score (nSPS) is 24.8. The van der Waals surface area contributed by atoms with Crippen molar-refractivity contribution in [3.8, 4) is 0 Å². The second-order valence-electron chi connectivity index (χ2n) is 11.8. The molecule has 0 saturated carbocycles. The second kappa shape index (κ2) is 9.94. The maximum absolute atomic E-state index is 12.9. The van der Waals surface area contributed by atoms with Gasteiger partial charge in [-0.3, -0.25) is 9.69 Å². The predicted molar refractivity (Wildman–Crippen MR) is 151 cm³/mol. The van der Waals surface area contributed by atoms with Crippen molar-refractivity contribution in [2.75, 3.05) is 19.6 Å². The third-order valence-electron chi connectivity index (χ3n) is 9.89. The first-order chi connectivity index (χ1) is 19.1. The zero-order chi connectivity index (χ0) is 26.4. The van der Waals surface area contributed by atoms with Gasteiger partial charge in [0.25, 0.3) is 5.91 Å². The number of carbonyl (C=O) groups excluding carboxylic acids is 1. The molecular weight excluding hydrogens is 486 g/mol. The molecule has 1 amide bonds. The second-order valence-corrected chi connectivity index (χ2v) is 11.8. The summed E-state index contributed by atoms with van der Waals surface area (Å²) in [5.74, 6) is 1.43. The van der Waals surface area contributed by atoms with Crippen LogP contribution in [0.1, 0.15) is 72.9 Å². The van der Waals surface area contributed by atoms with Crippen molar-refractivity contribution in [1.82, 2.24) is 24.5 Å². The van der Waals surface area contributed by atoms with E-state index in [9.17, 15) is 4.79 Å². The number of para-hydroxylation sites is 2. The maximum atomic E-state index is 12.9. The minimum absolute atomic E-state index is 0.0448. The minimum Gasteiger partial charge on any atom is -0.351 e. The van der Waals surface area contributed by atoms with Crippen LogP contribution in [0.4, 0.5) is 0 Å². The highest BCUT2D eigenvalue weighted by Gasteiger charge is 2.44. The number of rotatable bonds is 6. The number of hydrogen-bond donors (Lipinski definition) is 0. The third kappa shape index (κ3) is 4.37. The number of nitrogens with zero attached hydrogens (tertiary/aromatic N) is 5. The molecule has 0 aliphatic carbocycles. The lowest BCUT2D eigenvalue weighted by atomic mass is 9.70. The van der Waals surface area contributed by atoms with Gasteiger partial charge in [0.15, 0.2) is 0 Å². The lowest BCUT2D eigenvalue weighted by Crippen LogP contribution is -2.49. The lowest BCUT2D eigenvalue weighted by molar-refractivity contribution is 0.0572. The Labute approximate surface area is 229 Å². The van der Waals surface area contributed by atoms with Gasteiger partial charge in [0.05, 0.1) is 17.2 Å². The smallest absolute Gasteiger partial charge is 0.292 e. The first-order valence-corrected chi connectivity index (χ1v) is 14.6. The van der Waals surface area contributed by atoms with E-state index in [4.69, 9.17) is 9.51 Å². The van der Waals surface area contributed by atoms with Crippen molar-refractivity contribution in [1.29, 1.82) is 0 Å². The number of carbonyl (C=O) groups is 1.